The number of hydrogen-bond acceptors (Lipinski definition) is 5. The van der Waals surface area contributed by atoms with Crippen molar-refractivity contribution in [2.45, 2.75) is 32.0 Å². The molecule has 0 saturated carbocycles. The molecule has 0 aliphatic rings. The van der Waals surface area contributed by atoms with Crippen LogP contribution in [-0.4, -0.2) is 60.0 Å². The summed E-state index contributed by atoms with van der Waals surface area (Å²) in [5, 5.41) is 18.8. The molecule has 0 aromatic carbocycles. The molecule has 2 N–H and O–H groups in total. The molecule has 0 aliphatic heterocycles. The number of nitrogens with zero attached hydrogens (tertiary/aromatic N) is 1. The van der Waals surface area contributed by atoms with Gasteiger partial charge in [0.05, 0.1) is 13.2 Å². The SMILES string of the molecule is COC(=O)C(C)(O)CN(C)CCC(C)O. The normalized spacial score (nSPS) is 17.3. The van der Waals surface area contributed by atoms with Crippen molar-refractivity contribution in [2.75, 3.05) is 27.2 Å². The van der Waals surface area contributed by atoms with E-state index < -0.39 is 11.6 Å². The van der Waals surface area contributed by atoms with E-state index in [2.05, 4.69) is 4.74 Å². The first-order valence-electron chi connectivity index (χ1n) is 4.97. The number of carbonyl (C=O) groups is 1. The van der Waals surface area contributed by atoms with Gasteiger partial charge < -0.3 is 19.8 Å². The van der Waals surface area contributed by atoms with Gasteiger partial charge in [-0.3, -0.25) is 0 Å². The van der Waals surface area contributed by atoms with Crippen molar-refractivity contribution >= 4 is 5.97 Å². The highest BCUT2D eigenvalue weighted by molar-refractivity contribution is 5.78. The number of esters is 1. The molecule has 0 spiro atoms. The van der Waals surface area contributed by atoms with Gasteiger partial charge in [-0.05, 0) is 27.3 Å². The van der Waals surface area contributed by atoms with Crippen molar-refractivity contribution in [1.82, 2.24) is 4.90 Å². The van der Waals surface area contributed by atoms with Crippen LogP contribution in [0.1, 0.15) is 20.3 Å². The molecule has 0 aliphatic carbocycles. The number of carbonyl (C=O) groups excluding carboxylic acids is 1. The van der Waals surface area contributed by atoms with Crippen LogP contribution in [0.25, 0.3) is 0 Å². The predicted octanol–water partition coefficient (Wildman–Crippen LogP) is -0.387. The maximum atomic E-state index is 11.2. The lowest BCUT2D eigenvalue weighted by atomic mass is 10.1. The van der Waals surface area contributed by atoms with E-state index in [0.717, 1.165) is 0 Å². The van der Waals surface area contributed by atoms with Crippen LogP contribution in [0.5, 0.6) is 0 Å². The van der Waals surface area contributed by atoms with Crippen LogP contribution in [0.4, 0.5) is 0 Å². The third-order valence-electron chi connectivity index (χ3n) is 2.13. The van der Waals surface area contributed by atoms with Crippen molar-refractivity contribution in [3.05, 3.63) is 0 Å². The maximum Gasteiger partial charge on any atom is 0.338 e. The Hall–Kier alpha value is -0.650. The van der Waals surface area contributed by atoms with E-state index in [1.807, 2.05) is 0 Å². The number of aliphatic hydroxyl groups is 2. The summed E-state index contributed by atoms with van der Waals surface area (Å²) in [6, 6.07) is 0. The molecule has 0 heterocycles. The van der Waals surface area contributed by atoms with Crippen LogP contribution < -0.4 is 0 Å². The van der Waals surface area contributed by atoms with Gasteiger partial charge in [-0.2, -0.15) is 0 Å². The van der Waals surface area contributed by atoms with Crippen LogP contribution in [0.15, 0.2) is 0 Å². The van der Waals surface area contributed by atoms with Crippen LogP contribution >= 0.6 is 0 Å². The summed E-state index contributed by atoms with van der Waals surface area (Å²) < 4.78 is 4.48. The van der Waals surface area contributed by atoms with Gasteiger partial charge in [0.25, 0.3) is 0 Å². The minimum Gasteiger partial charge on any atom is -0.467 e. The summed E-state index contributed by atoms with van der Waals surface area (Å²) in [6.45, 7) is 3.92. The number of likely N-dealkylation sites (N-methyl/N-ethyl adjacent to an activating group) is 1. The van der Waals surface area contributed by atoms with Crippen LogP contribution in [0.3, 0.4) is 0 Å². The highest BCUT2D eigenvalue weighted by Crippen LogP contribution is 2.08. The van der Waals surface area contributed by atoms with Crippen molar-refractivity contribution in [2.24, 2.45) is 0 Å². The second-order valence-corrected chi connectivity index (χ2v) is 4.14. The second kappa shape index (κ2) is 6.05. The zero-order chi connectivity index (χ0) is 12.1. The largest absolute Gasteiger partial charge is 0.467 e. The molecule has 0 saturated heterocycles. The minimum atomic E-state index is -1.50. The lowest BCUT2D eigenvalue weighted by Gasteiger charge is -2.26. The lowest BCUT2D eigenvalue weighted by molar-refractivity contribution is -0.162. The van der Waals surface area contributed by atoms with Crippen molar-refractivity contribution in [3.8, 4) is 0 Å². The zero-order valence-electron chi connectivity index (χ0n) is 9.86. The fourth-order valence-corrected chi connectivity index (χ4v) is 1.30. The Morgan fingerprint density at radius 2 is 2.13 bits per heavy atom. The molecule has 5 heteroatoms. The van der Waals surface area contributed by atoms with Gasteiger partial charge in [0.2, 0.25) is 0 Å². The van der Waals surface area contributed by atoms with E-state index >= 15 is 0 Å². The fourth-order valence-electron chi connectivity index (χ4n) is 1.30. The van der Waals surface area contributed by atoms with Crippen LogP contribution in [-0.2, 0) is 9.53 Å². The summed E-state index contributed by atoms with van der Waals surface area (Å²) in [4.78, 5) is 12.9. The van der Waals surface area contributed by atoms with E-state index in [1.165, 1.54) is 14.0 Å². The van der Waals surface area contributed by atoms with Gasteiger partial charge >= 0.3 is 5.97 Å². The number of hydrogen-bond donors (Lipinski definition) is 2. The molecule has 2 atom stereocenters. The van der Waals surface area contributed by atoms with E-state index in [-0.39, 0.29) is 12.6 Å². The average Bonchev–Trinajstić information content (AvgIpc) is 2.12. The number of rotatable bonds is 6. The van der Waals surface area contributed by atoms with Gasteiger partial charge in [-0.25, -0.2) is 4.79 Å². The molecule has 0 amide bonds. The molecule has 2 unspecified atom stereocenters. The summed E-state index contributed by atoms with van der Waals surface area (Å²) in [5.41, 5.74) is -1.50. The van der Waals surface area contributed by atoms with Gasteiger partial charge in [-0.15, -0.1) is 0 Å². The van der Waals surface area contributed by atoms with E-state index in [1.54, 1.807) is 18.9 Å². The first kappa shape index (κ1) is 14.3. The fraction of sp³-hybridized carbons (Fsp3) is 0.900. The minimum absolute atomic E-state index is 0.187. The summed E-state index contributed by atoms with van der Waals surface area (Å²) in [6.07, 6.45) is 0.226. The molecular weight excluding hydrogens is 198 g/mol. The second-order valence-electron chi connectivity index (χ2n) is 4.14. The highest BCUT2D eigenvalue weighted by atomic mass is 16.5. The van der Waals surface area contributed by atoms with Crippen molar-refractivity contribution < 1.29 is 19.7 Å². The summed E-state index contributed by atoms with van der Waals surface area (Å²) >= 11 is 0. The van der Waals surface area contributed by atoms with Crippen LogP contribution in [0, 0.1) is 0 Å². The maximum absolute atomic E-state index is 11.2. The first-order valence-corrected chi connectivity index (χ1v) is 4.97. The lowest BCUT2D eigenvalue weighted by Crippen LogP contribution is -2.46. The van der Waals surface area contributed by atoms with Gasteiger partial charge in [-0.1, -0.05) is 0 Å². The Bertz CT molecular complexity index is 204. The summed E-state index contributed by atoms with van der Waals surface area (Å²) in [7, 11) is 3.02. The zero-order valence-corrected chi connectivity index (χ0v) is 9.86. The Balaban J connectivity index is 4.04. The monoisotopic (exact) mass is 219 g/mol. The van der Waals surface area contributed by atoms with Gasteiger partial charge in [0, 0.05) is 13.1 Å². The average molecular weight is 219 g/mol. The molecule has 0 radical (unpaired) electrons. The van der Waals surface area contributed by atoms with E-state index in [0.29, 0.717) is 13.0 Å². The molecule has 0 aromatic rings. The van der Waals surface area contributed by atoms with Gasteiger partial charge in [0.1, 0.15) is 0 Å². The third-order valence-corrected chi connectivity index (χ3v) is 2.13. The Labute approximate surface area is 90.6 Å². The number of aliphatic hydroxyl groups excluding tert-OH is 1. The van der Waals surface area contributed by atoms with E-state index in [4.69, 9.17) is 5.11 Å². The first-order chi connectivity index (χ1) is 6.79. The Morgan fingerprint density at radius 3 is 2.53 bits per heavy atom. The number of methoxy groups -OCH3 is 1. The molecule has 0 aromatic heterocycles. The molecule has 5 nitrogen and oxygen atoms in total. The molecular formula is C10H21NO4. The third kappa shape index (κ3) is 5.71. The molecule has 15 heavy (non-hydrogen) atoms. The topological polar surface area (TPSA) is 70.0 Å². The molecule has 0 fully saturated rings. The Kier molecular flexibility index (Phi) is 5.79. The predicted molar refractivity (Wildman–Crippen MR) is 56.4 cm³/mol. The van der Waals surface area contributed by atoms with E-state index in [9.17, 15) is 9.90 Å². The van der Waals surface area contributed by atoms with Crippen molar-refractivity contribution in [1.29, 1.82) is 0 Å². The Morgan fingerprint density at radius 1 is 1.60 bits per heavy atom. The summed E-state index contributed by atoms with van der Waals surface area (Å²) in [5.74, 6) is -0.647. The highest BCUT2D eigenvalue weighted by Gasteiger charge is 2.32. The van der Waals surface area contributed by atoms with Gasteiger partial charge in [0.15, 0.2) is 5.60 Å². The molecule has 0 bridgehead atoms. The number of ether oxygens (including phenoxy) is 1. The molecule has 90 valence electrons. The van der Waals surface area contributed by atoms with Crippen LogP contribution in [0.2, 0.25) is 0 Å². The quantitative estimate of drug-likeness (QED) is 0.596. The smallest absolute Gasteiger partial charge is 0.338 e. The molecule has 0 rings (SSSR count). The van der Waals surface area contributed by atoms with Crippen molar-refractivity contribution in [3.63, 3.8) is 0 Å². The standard InChI is InChI=1S/C10H21NO4/c1-8(12)5-6-11(3)7-10(2,14)9(13)15-4/h8,12,14H,5-7H2,1-4H3.